The highest BCUT2D eigenvalue weighted by atomic mass is 32.1. The van der Waals surface area contributed by atoms with E-state index in [4.69, 9.17) is 4.74 Å². The maximum atomic E-state index is 11.8. The Morgan fingerprint density at radius 1 is 1.23 bits per heavy atom. The third kappa shape index (κ3) is 3.27. The average molecular weight is 324 g/mol. The number of ether oxygens (including phenoxy) is 1. The van der Waals surface area contributed by atoms with Gasteiger partial charge in [0.2, 0.25) is 16.9 Å². The minimum Gasteiger partial charge on any atom is -0.377 e. The van der Waals surface area contributed by atoms with Gasteiger partial charge in [-0.2, -0.15) is 4.37 Å². The first-order chi connectivity index (χ1) is 10.7. The second-order valence-electron chi connectivity index (χ2n) is 5.76. The lowest BCUT2D eigenvalue weighted by atomic mass is 9.90. The molecule has 2 fully saturated rings. The number of nitrogens with zero attached hydrogens (tertiary/aromatic N) is 3. The molecule has 2 heterocycles. The first-order valence-electron chi connectivity index (χ1n) is 7.60. The number of aromatic nitrogens is 2. The molecule has 1 N–H and O–H groups in total. The van der Waals surface area contributed by atoms with Crippen LogP contribution in [0.25, 0.3) is 0 Å². The molecule has 0 unspecified atom stereocenters. The number of carbonyl (C=O) groups is 2. The van der Waals surface area contributed by atoms with Crippen LogP contribution < -0.4 is 5.32 Å². The fraction of sp³-hybridized carbons (Fsp3) is 0.714. The molecule has 1 saturated carbocycles. The summed E-state index contributed by atoms with van der Waals surface area (Å²) in [6.45, 7) is 0.421. The van der Waals surface area contributed by atoms with Crippen LogP contribution in [-0.2, 0) is 20.9 Å². The summed E-state index contributed by atoms with van der Waals surface area (Å²) in [4.78, 5) is 29.4. The predicted octanol–water partition coefficient (Wildman–Crippen LogP) is 1.56. The predicted molar refractivity (Wildman–Crippen MR) is 81.4 cm³/mol. The quantitative estimate of drug-likeness (QED) is 0.827. The number of anilines is 1. The first kappa shape index (κ1) is 15.4. The molecule has 0 aromatic carbocycles. The van der Waals surface area contributed by atoms with Gasteiger partial charge in [-0.25, -0.2) is 4.98 Å². The van der Waals surface area contributed by atoms with E-state index in [1.54, 1.807) is 7.11 Å². The molecule has 1 saturated heterocycles. The molecule has 1 aliphatic carbocycles. The van der Waals surface area contributed by atoms with Gasteiger partial charge in [0, 0.05) is 43.6 Å². The van der Waals surface area contributed by atoms with Crippen LogP contribution in [0.2, 0.25) is 0 Å². The SMILES string of the molecule is COCc1nsc(NC2CCC(N3C(=O)CCC3=O)CC2)n1. The minimum atomic E-state index is -0.00487. The lowest BCUT2D eigenvalue weighted by Gasteiger charge is -2.33. The number of nitrogens with one attached hydrogen (secondary N) is 1. The topological polar surface area (TPSA) is 84.4 Å². The molecule has 0 atom stereocenters. The van der Waals surface area contributed by atoms with Crippen molar-refractivity contribution in [3.05, 3.63) is 5.82 Å². The number of rotatable bonds is 5. The van der Waals surface area contributed by atoms with Crippen molar-refractivity contribution < 1.29 is 14.3 Å². The lowest BCUT2D eigenvalue weighted by molar-refractivity contribution is -0.141. The largest absolute Gasteiger partial charge is 0.377 e. The smallest absolute Gasteiger partial charge is 0.229 e. The maximum Gasteiger partial charge on any atom is 0.229 e. The van der Waals surface area contributed by atoms with Crippen LogP contribution in [0.15, 0.2) is 0 Å². The third-order valence-corrected chi connectivity index (χ3v) is 4.91. The van der Waals surface area contributed by atoms with Crippen molar-refractivity contribution >= 4 is 28.5 Å². The number of hydrogen-bond donors (Lipinski definition) is 1. The number of methoxy groups -OCH3 is 1. The Balaban J connectivity index is 1.51. The zero-order valence-corrected chi connectivity index (χ0v) is 13.4. The molecule has 1 aromatic heterocycles. The molecule has 0 spiro atoms. The number of amides is 2. The summed E-state index contributed by atoms with van der Waals surface area (Å²) in [5.74, 6) is 0.682. The summed E-state index contributed by atoms with van der Waals surface area (Å²) in [5, 5.41) is 4.20. The van der Waals surface area contributed by atoms with Crippen LogP contribution in [0.4, 0.5) is 5.13 Å². The van der Waals surface area contributed by atoms with Gasteiger partial charge in [0.25, 0.3) is 0 Å². The monoisotopic (exact) mass is 324 g/mol. The molecule has 2 aliphatic rings. The summed E-state index contributed by atoms with van der Waals surface area (Å²) in [6.07, 6.45) is 4.34. The van der Waals surface area contributed by atoms with Gasteiger partial charge in [0.1, 0.15) is 6.61 Å². The molecule has 7 nitrogen and oxygen atoms in total. The highest BCUT2D eigenvalue weighted by molar-refractivity contribution is 7.09. The standard InChI is InChI=1S/C14H20N4O3S/c1-21-8-11-16-14(22-17-11)15-9-2-4-10(5-3-9)18-12(19)6-7-13(18)20/h9-10H,2-8H2,1H3,(H,15,16,17). The minimum absolute atomic E-state index is 0.00487. The molecule has 120 valence electrons. The molecular formula is C14H20N4O3S. The molecule has 3 rings (SSSR count). The Morgan fingerprint density at radius 2 is 1.91 bits per heavy atom. The van der Waals surface area contributed by atoms with E-state index in [0.717, 1.165) is 30.8 Å². The molecule has 0 bridgehead atoms. The summed E-state index contributed by atoms with van der Waals surface area (Å²) in [6, 6.07) is 0.409. The Morgan fingerprint density at radius 3 is 2.55 bits per heavy atom. The number of carbonyl (C=O) groups excluding carboxylic acids is 2. The van der Waals surface area contributed by atoms with E-state index >= 15 is 0 Å². The van der Waals surface area contributed by atoms with E-state index in [9.17, 15) is 9.59 Å². The van der Waals surface area contributed by atoms with Crippen molar-refractivity contribution in [3.63, 3.8) is 0 Å². The van der Waals surface area contributed by atoms with Crippen LogP contribution in [0.5, 0.6) is 0 Å². The van der Waals surface area contributed by atoms with Gasteiger partial charge in [0.15, 0.2) is 5.82 Å². The Hall–Kier alpha value is -1.54. The molecule has 8 heteroatoms. The maximum absolute atomic E-state index is 11.8. The van der Waals surface area contributed by atoms with Gasteiger partial charge in [-0.15, -0.1) is 0 Å². The van der Waals surface area contributed by atoms with Crippen LogP contribution in [0.3, 0.4) is 0 Å². The number of imide groups is 1. The van der Waals surface area contributed by atoms with E-state index in [0.29, 0.717) is 31.3 Å². The molecule has 2 amide bonds. The van der Waals surface area contributed by atoms with Gasteiger partial charge in [0.05, 0.1) is 0 Å². The first-order valence-corrected chi connectivity index (χ1v) is 8.37. The zero-order valence-electron chi connectivity index (χ0n) is 12.6. The fourth-order valence-electron chi connectivity index (χ4n) is 3.15. The summed E-state index contributed by atoms with van der Waals surface area (Å²) < 4.78 is 9.22. The number of hydrogen-bond acceptors (Lipinski definition) is 7. The second kappa shape index (κ2) is 6.70. The summed E-state index contributed by atoms with van der Waals surface area (Å²) >= 11 is 1.34. The highest BCUT2D eigenvalue weighted by Gasteiger charge is 2.36. The average Bonchev–Trinajstić information content (AvgIpc) is 3.08. The number of likely N-dealkylation sites (tertiary alicyclic amines) is 1. The van der Waals surface area contributed by atoms with Crippen LogP contribution in [0.1, 0.15) is 44.3 Å². The van der Waals surface area contributed by atoms with E-state index in [1.165, 1.54) is 16.4 Å². The van der Waals surface area contributed by atoms with Gasteiger partial charge in [-0.1, -0.05) is 0 Å². The molecule has 0 radical (unpaired) electrons. The molecule has 22 heavy (non-hydrogen) atoms. The van der Waals surface area contributed by atoms with Crippen molar-refractivity contribution in [2.75, 3.05) is 12.4 Å². The lowest BCUT2D eigenvalue weighted by Crippen LogP contribution is -2.43. The van der Waals surface area contributed by atoms with Crippen molar-refractivity contribution in [2.45, 2.75) is 57.2 Å². The Labute approximate surface area is 133 Å². The Kier molecular flexibility index (Phi) is 4.68. The van der Waals surface area contributed by atoms with E-state index in [1.807, 2.05) is 0 Å². The van der Waals surface area contributed by atoms with E-state index in [-0.39, 0.29) is 17.9 Å². The molecular weight excluding hydrogens is 304 g/mol. The molecule has 1 aromatic rings. The van der Waals surface area contributed by atoms with Crippen LogP contribution in [-0.4, -0.2) is 45.3 Å². The van der Waals surface area contributed by atoms with Gasteiger partial charge in [-0.05, 0) is 25.7 Å². The van der Waals surface area contributed by atoms with Gasteiger partial charge in [-0.3, -0.25) is 14.5 Å². The highest BCUT2D eigenvalue weighted by Crippen LogP contribution is 2.29. The summed E-state index contributed by atoms with van der Waals surface area (Å²) in [5.41, 5.74) is 0. The van der Waals surface area contributed by atoms with Gasteiger partial charge >= 0.3 is 0 Å². The van der Waals surface area contributed by atoms with Crippen LogP contribution >= 0.6 is 11.5 Å². The Bertz CT molecular complexity index is 538. The molecule has 1 aliphatic heterocycles. The van der Waals surface area contributed by atoms with Crippen molar-refractivity contribution in [3.8, 4) is 0 Å². The van der Waals surface area contributed by atoms with Crippen LogP contribution in [0, 0.1) is 0 Å². The van der Waals surface area contributed by atoms with Crippen molar-refractivity contribution in [2.24, 2.45) is 0 Å². The zero-order chi connectivity index (χ0) is 15.5. The second-order valence-corrected chi connectivity index (χ2v) is 6.51. The van der Waals surface area contributed by atoms with E-state index < -0.39 is 0 Å². The van der Waals surface area contributed by atoms with Gasteiger partial charge < -0.3 is 10.1 Å². The van der Waals surface area contributed by atoms with Crippen molar-refractivity contribution in [1.29, 1.82) is 0 Å². The normalized spacial score (nSPS) is 25.8. The van der Waals surface area contributed by atoms with Crippen molar-refractivity contribution in [1.82, 2.24) is 14.3 Å². The fourth-order valence-corrected chi connectivity index (χ4v) is 3.81. The summed E-state index contributed by atoms with van der Waals surface area (Å²) in [7, 11) is 1.62. The van der Waals surface area contributed by atoms with E-state index in [2.05, 4.69) is 14.7 Å². The third-order valence-electron chi connectivity index (χ3n) is 4.22.